The number of benzene rings is 1. The molecule has 8 heteroatoms. The molecular weight excluding hydrogens is 348 g/mol. The molecule has 1 N–H and O–H groups in total. The number of ether oxygens (including phenoxy) is 1. The number of rotatable bonds is 1. The van der Waals surface area contributed by atoms with Gasteiger partial charge >= 0.3 is 5.63 Å². The van der Waals surface area contributed by atoms with Crippen LogP contribution >= 0.6 is 11.6 Å². The molecule has 2 bridgehead atoms. The molecule has 1 aromatic heterocycles. The summed E-state index contributed by atoms with van der Waals surface area (Å²) in [5.41, 5.74) is -0.406. The van der Waals surface area contributed by atoms with Gasteiger partial charge in [-0.2, -0.15) is 0 Å². The van der Waals surface area contributed by atoms with Crippen molar-refractivity contribution in [2.45, 2.75) is 6.04 Å². The second-order valence-electron chi connectivity index (χ2n) is 6.28. The Labute approximate surface area is 147 Å². The Morgan fingerprint density at radius 2 is 2.04 bits per heavy atom. The molecule has 2 aliphatic heterocycles. The van der Waals surface area contributed by atoms with Gasteiger partial charge < -0.3 is 19.4 Å². The third kappa shape index (κ3) is 3.01. The molecule has 2 aliphatic rings. The van der Waals surface area contributed by atoms with E-state index < -0.39 is 17.5 Å². The minimum absolute atomic E-state index is 0.0666. The quantitative estimate of drug-likeness (QED) is 0.765. The maximum absolute atomic E-state index is 12.9. The lowest BCUT2D eigenvalue weighted by Gasteiger charge is -2.27. The van der Waals surface area contributed by atoms with E-state index in [-0.39, 0.29) is 37.2 Å². The first-order chi connectivity index (χ1) is 12.0. The minimum Gasteiger partial charge on any atom is -0.422 e. The molecule has 130 valence electrons. The van der Waals surface area contributed by atoms with E-state index in [1.54, 1.807) is 18.2 Å². The largest absolute Gasteiger partial charge is 0.422 e. The molecule has 2 fully saturated rings. The van der Waals surface area contributed by atoms with Gasteiger partial charge in [-0.25, -0.2) is 4.79 Å². The summed E-state index contributed by atoms with van der Waals surface area (Å²) < 4.78 is 10.7. The van der Waals surface area contributed by atoms with Crippen LogP contribution in [0.4, 0.5) is 0 Å². The molecule has 2 saturated heterocycles. The lowest BCUT2D eigenvalue weighted by molar-refractivity contribution is -0.125. The van der Waals surface area contributed by atoms with Crippen LogP contribution in [0.15, 0.2) is 33.5 Å². The van der Waals surface area contributed by atoms with Crippen molar-refractivity contribution >= 4 is 34.4 Å². The average molecular weight is 363 g/mol. The Bertz CT molecular complexity index is 925. The van der Waals surface area contributed by atoms with Crippen molar-refractivity contribution in [3.63, 3.8) is 0 Å². The Balaban J connectivity index is 1.71. The van der Waals surface area contributed by atoms with Crippen LogP contribution in [-0.4, -0.2) is 49.1 Å². The number of amides is 2. The molecule has 0 unspecified atom stereocenters. The molecule has 4 rings (SSSR count). The van der Waals surface area contributed by atoms with Crippen molar-refractivity contribution in [2.75, 3.05) is 26.3 Å². The van der Waals surface area contributed by atoms with Crippen LogP contribution in [0, 0.1) is 5.92 Å². The highest BCUT2D eigenvalue weighted by atomic mass is 35.5. The van der Waals surface area contributed by atoms with Gasteiger partial charge in [-0.15, -0.1) is 0 Å². The molecule has 2 amide bonds. The van der Waals surface area contributed by atoms with Crippen LogP contribution in [0.5, 0.6) is 0 Å². The number of fused-ring (bicyclic) bond motifs is 4. The van der Waals surface area contributed by atoms with E-state index in [9.17, 15) is 14.4 Å². The molecule has 25 heavy (non-hydrogen) atoms. The fourth-order valence-corrected chi connectivity index (χ4v) is 3.39. The SMILES string of the molecule is O=C1N[C@@H]2COC[C@H]1CN(C(=O)c1cc3cc(Cl)ccc3oc1=O)C2. The van der Waals surface area contributed by atoms with Crippen LogP contribution in [0.25, 0.3) is 11.0 Å². The minimum atomic E-state index is -0.704. The standard InChI is InChI=1S/C17H15ClN2O5/c18-11-1-2-14-9(3-11)4-13(17(23)25-14)16(22)20-5-10-7-24-8-12(6-20)19-15(10)21/h1-4,10,12H,5-8H2,(H,19,21)/t10-,12+/m1/s1. The smallest absolute Gasteiger partial charge is 0.349 e. The Hall–Kier alpha value is -2.38. The summed E-state index contributed by atoms with van der Waals surface area (Å²) in [5.74, 6) is -1.03. The number of nitrogens with one attached hydrogen (secondary N) is 1. The van der Waals surface area contributed by atoms with Gasteiger partial charge in [0.2, 0.25) is 5.91 Å². The third-order valence-corrected chi connectivity index (χ3v) is 4.68. The Kier molecular flexibility index (Phi) is 3.97. The zero-order chi connectivity index (χ0) is 17.6. The number of carbonyl (C=O) groups excluding carboxylic acids is 2. The van der Waals surface area contributed by atoms with E-state index in [4.69, 9.17) is 20.8 Å². The average Bonchev–Trinajstić information content (AvgIpc) is 2.82. The van der Waals surface area contributed by atoms with Gasteiger partial charge in [-0.05, 0) is 24.3 Å². The summed E-state index contributed by atoms with van der Waals surface area (Å²) in [4.78, 5) is 38.7. The summed E-state index contributed by atoms with van der Waals surface area (Å²) in [6, 6.07) is 6.03. The van der Waals surface area contributed by atoms with Gasteiger partial charge in [0, 0.05) is 23.5 Å². The zero-order valence-corrected chi connectivity index (χ0v) is 13.9. The maximum atomic E-state index is 12.9. The lowest BCUT2D eigenvalue weighted by Crippen LogP contribution is -2.45. The number of carbonyl (C=O) groups is 2. The van der Waals surface area contributed by atoms with Gasteiger partial charge in [0.05, 0.1) is 25.2 Å². The van der Waals surface area contributed by atoms with Crippen LogP contribution in [-0.2, 0) is 9.53 Å². The van der Waals surface area contributed by atoms with E-state index in [1.807, 2.05) is 0 Å². The fourth-order valence-electron chi connectivity index (χ4n) is 3.21. The van der Waals surface area contributed by atoms with Gasteiger partial charge in [0.1, 0.15) is 11.1 Å². The van der Waals surface area contributed by atoms with Gasteiger partial charge in [0.25, 0.3) is 5.91 Å². The molecule has 0 saturated carbocycles. The van der Waals surface area contributed by atoms with E-state index in [1.165, 1.54) is 11.0 Å². The summed E-state index contributed by atoms with van der Waals surface area (Å²) in [6.45, 7) is 1.09. The monoisotopic (exact) mass is 362 g/mol. The normalized spacial score (nSPS) is 23.2. The molecule has 0 radical (unpaired) electrons. The molecule has 2 atom stereocenters. The van der Waals surface area contributed by atoms with Crippen LogP contribution in [0.3, 0.4) is 0 Å². The van der Waals surface area contributed by atoms with Crippen molar-refractivity contribution < 1.29 is 18.7 Å². The molecule has 2 aromatic rings. The summed E-state index contributed by atoms with van der Waals surface area (Å²) in [5, 5.41) is 3.91. The molecule has 7 nitrogen and oxygen atoms in total. The van der Waals surface area contributed by atoms with E-state index in [0.29, 0.717) is 22.6 Å². The summed E-state index contributed by atoms with van der Waals surface area (Å²) >= 11 is 5.97. The van der Waals surface area contributed by atoms with Crippen molar-refractivity contribution in [1.29, 1.82) is 0 Å². The zero-order valence-electron chi connectivity index (χ0n) is 13.2. The molecule has 0 aliphatic carbocycles. The van der Waals surface area contributed by atoms with Crippen molar-refractivity contribution in [1.82, 2.24) is 10.2 Å². The lowest BCUT2D eigenvalue weighted by atomic mass is 10.1. The Morgan fingerprint density at radius 1 is 1.20 bits per heavy atom. The maximum Gasteiger partial charge on any atom is 0.349 e. The second-order valence-corrected chi connectivity index (χ2v) is 6.72. The predicted molar refractivity (Wildman–Crippen MR) is 89.6 cm³/mol. The second kappa shape index (κ2) is 6.16. The van der Waals surface area contributed by atoms with Crippen molar-refractivity contribution in [2.24, 2.45) is 5.92 Å². The predicted octanol–water partition coefficient (Wildman–Crippen LogP) is 1.03. The fraction of sp³-hybridized carbons (Fsp3) is 0.353. The first kappa shape index (κ1) is 16.1. The highest BCUT2D eigenvalue weighted by Gasteiger charge is 2.36. The number of nitrogens with zero attached hydrogens (tertiary/aromatic N) is 1. The van der Waals surface area contributed by atoms with Gasteiger partial charge in [0.15, 0.2) is 0 Å². The molecule has 3 heterocycles. The first-order valence-corrected chi connectivity index (χ1v) is 8.30. The van der Waals surface area contributed by atoms with E-state index in [2.05, 4.69) is 5.32 Å². The number of hydrogen-bond acceptors (Lipinski definition) is 5. The van der Waals surface area contributed by atoms with Crippen LogP contribution in [0.1, 0.15) is 10.4 Å². The van der Waals surface area contributed by atoms with Crippen molar-refractivity contribution in [3.05, 3.63) is 45.3 Å². The van der Waals surface area contributed by atoms with Crippen molar-refractivity contribution in [3.8, 4) is 0 Å². The highest BCUT2D eigenvalue weighted by Crippen LogP contribution is 2.21. The third-order valence-electron chi connectivity index (χ3n) is 4.45. The number of hydrogen-bond donors (Lipinski definition) is 1. The van der Waals surface area contributed by atoms with Crippen LogP contribution < -0.4 is 10.9 Å². The topological polar surface area (TPSA) is 88.8 Å². The first-order valence-electron chi connectivity index (χ1n) is 7.92. The molecular formula is C17H15ClN2O5. The molecule has 0 spiro atoms. The highest BCUT2D eigenvalue weighted by molar-refractivity contribution is 6.31. The van der Waals surface area contributed by atoms with Gasteiger partial charge in [-0.1, -0.05) is 11.6 Å². The van der Waals surface area contributed by atoms with Gasteiger partial charge in [-0.3, -0.25) is 9.59 Å². The Morgan fingerprint density at radius 3 is 2.88 bits per heavy atom. The summed E-state index contributed by atoms with van der Waals surface area (Å²) in [7, 11) is 0. The van der Waals surface area contributed by atoms with Crippen LogP contribution in [0.2, 0.25) is 5.02 Å². The number of halogens is 1. The summed E-state index contributed by atoms with van der Waals surface area (Å²) in [6.07, 6.45) is 0. The van der Waals surface area contributed by atoms with E-state index >= 15 is 0 Å². The molecule has 1 aromatic carbocycles. The van der Waals surface area contributed by atoms with E-state index in [0.717, 1.165) is 0 Å².